The van der Waals surface area contributed by atoms with E-state index >= 15 is 0 Å². The number of ketones is 2. The van der Waals surface area contributed by atoms with Crippen molar-refractivity contribution < 1.29 is 33.7 Å². The molecule has 0 radical (unpaired) electrons. The van der Waals surface area contributed by atoms with E-state index in [0.29, 0.717) is 70.5 Å². The summed E-state index contributed by atoms with van der Waals surface area (Å²) in [7, 11) is 3.09. The number of carbonyl (C=O) groups excluding carboxylic acids is 3. The van der Waals surface area contributed by atoms with Crippen LogP contribution in [0.5, 0.6) is 11.5 Å². The highest BCUT2D eigenvalue weighted by Gasteiger charge is 2.37. The summed E-state index contributed by atoms with van der Waals surface area (Å²) in [4.78, 5) is 36.4. The minimum absolute atomic E-state index is 0.0198. The summed E-state index contributed by atoms with van der Waals surface area (Å²) < 4.78 is 15.7. The third-order valence-corrected chi connectivity index (χ3v) is 8.19. The van der Waals surface area contributed by atoms with E-state index in [0.717, 1.165) is 11.1 Å². The van der Waals surface area contributed by atoms with E-state index in [-0.39, 0.29) is 29.7 Å². The third kappa shape index (κ3) is 9.23. The van der Waals surface area contributed by atoms with Crippen molar-refractivity contribution in [1.82, 2.24) is 0 Å². The summed E-state index contributed by atoms with van der Waals surface area (Å²) >= 11 is 12.5. The molecule has 3 rings (SSSR count). The van der Waals surface area contributed by atoms with Crippen LogP contribution in [0.1, 0.15) is 82.6 Å². The Morgan fingerprint density at radius 3 is 2.09 bits per heavy atom. The Morgan fingerprint density at radius 1 is 0.977 bits per heavy atom. The molecule has 43 heavy (non-hydrogen) atoms. The van der Waals surface area contributed by atoms with Crippen molar-refractivity contribution in [2.24, 2.45) is 10.8 Å². The van der Waals surface area contributed by atoms with E-state index in [1.807, 2.05) is 45.9 Å². The lowest BCUT2D eigenvalue weighted by Gasteiger charge is -2.31. The Morgan fingerprint density at radius 2 is 1.53 bits per heavy atom. The van der Waals surface area contributed by atoms with Crippen LogP contribution in [-0.4, -0.2) is 43.5 Å². The molecular weight excluding hydrogens is 591 g/mol. The number of esters is 1. The third-order valence-electron chi connectivity index (χ3n) is 7.55. The molecule has 0 unspecified atom stereocenters. The van der Waals surface area contributed by atoms with Gasteiger partial charge in [0, 0.05) is 40.8 Å². The Kier molecular flexibility index (Phi) is 12.7. The lowest BCUT2D eigenvalue weighted by Crippen LogP contribution is -2.27. The highest BCUT2D eigenvalue weighted by atomic mass is 35.5. The standard InChI is InChI=1S/C18H25ClO4.C16H19ClO3/c1-6-23-17(21)18(3,4)8-7-13(20)11-14-15(19)9-12(2)10-16(14)22-5;1-9-7-10(17)13(12(8-9)20-4)14-11(18)5-6-16(2,3)15(14)19/h9-10H,6-8,11H2,1-5H3;7-8,19H,5-6H2,1-4H3. The monoisotopic (exact) mass is 634 g/mol. The maximum Gasteiger partial charge on any atom is 0.311 e. The van der Waals surface area contributed by atoms with Crippen LogP contribution in [-0.2, 0) is 25.5 Å². The van der Waals surface area contributed by atoms with Gasteiger partial charge >= 0.3 is 5.97 Å². The number of rotatable bonds is 10. The predicted molar refractivity (Wildman–Crippen MR) is 171 cm³/mol. The van der Waals surface area contributed by atoms with Gasteiger partial charge in [-0.1, -0.05) is 37.0 Å². The molecule has 7 nitrogen and oxygen atoms in total. The molecule has 0 bridgehead atoms. The Balaban J connectivity index is 0.000000303. The van der Waals surface area contributed by atoms with Crippen LogP contribution in [0.15, 0.2) is 30.0 Å². The molecule has 0 aliphatic heterocycles. The Labute approximate surface area is 265 Å². The molecule has 236 valence electrons. The molecule has 9 heteroatoms. The molecule has 1 aliphatic carbocycles. The Bertz CT molecular complexity index is 1390. The number of aryl methyl sites for hydroxylation is 2. The summed E-state index contributed by atoms with van der Waals surface area (Å²) in [6.07, 6.45) is 1.96. The number of allylic oxidation sites excluding steroid dienone is 2. The van der Waals surface area contributed by atoms with Crippen LogP contribution in [0.2, 0.25) is 10.0 Å². The van der Waals surface area contributed by atoms with Gasteiger partial charge in [-0.25, -0.2) is 0 Å². The number of ether oxygens (including phenoxy) is 3. The van der Waals surface area contributed by atoms with Gasteiger partial charge in [0.05, 0.1) is 36.8 Å². The average Bonchev–Trinajstić information content (AvgIpc) is 2.92. The molecular formula is C34H44Cl2O7. The van der Waals surface area contributed by atoms with Gasteiger partial charge in [-0.3, -0.25) is 14.4 Å². The zero-order valence-electron chi connectivity index (χ0n) is 26.7. The summed E-state index contributed by atoms with van der Waals surface area (Å²) in [5.74, 6) is 0.879. The molecule has 1 N–H and O–H groups in total. The van der Waals surface area contributed by atoms with Crippen molar-refractivity contribution in [3.05, 3.63) is 62.3 Å². The van der Waals surface area contributed by atoms with E-state index < -0.39 is 10.8 Å². The number of carbonyl (C=O) groups is 3. The van der Waals surface area contributed by atoms with Crippen molar-refractivity contribution in [3.8, 4) is 11.5 Å². The van der Waals surface area contributed by atoms with Crippen molar-refractivity contribution in [1.29, 1.82) is 0 Å². The fraction of sp³-hybridized carbons (Fsp3) is 0.500. The van der Waals surface area contributed by atoms with Crippen LogP contribution in [0, 0.1) is 24.7 Å². The maximum atomic E-state index is 12.3. The number of hydrogen-bond acceptors (Lipinski definition) is 7. The van der Waals surface area contributed by atoms with Gasteiger partial charge in [0.25, 0.3) is 0 Å². The van der Waals surface area contributed by atoms with Crippen LogP contribution in [0.4, 0.5) is 0 Å². The van der Waals surface area contributed by atoms with Crippen LogP contribution in [0.3, 0.4) is 0 Å². The molecule has 0 saturated heterocycles. The molecule has 0 atom stereocenters. The van der Waals surface area contributed by atoms with Crippen molar-refractivity contribution >= 4 is 46.3 Å². The minimum Gasteiger partial charge on any atom is -0.511 e. The second kappa shape index (κ2) is 15.1. The first kappa shape index (κ1) is 36.2. The van der Waals surface area contributed by atoms with Gasteiger partial charge < -0.3 is 19.3 Å². The lowest BCUT2D eigenvalue weighted by molar-refractivity contribution is -0.153. The van der Waals surface area contributed by atoms with Crippen LogP contribution >= 0.6 is 23.2 Å². The summed E-state index contributed by atoms with van der Waals surface area (Å²) in [5.41, 5.74) is 2.30. The van der Waals surface area contributed by atoms with Gasteiger partial charge in [-0.2, -0.15) is 0 Å². The summed E-state index contributed by atoms with van der Waals surface area (Å²) in [6, 6.07) is 7.26. The highest BCUT2D eigenvalue weighted by Crippen LogP contribution is 2.45. The zero-order valence-corrected chi connectivity index (χ0v) is 28.2. The number of hydrogen-bond donors (Lipinski definition) is 1. The van der Waals surface area contributed by atoms with Gasteiger partial charge in [0.1, 0.15) is 23.0 Å². The van der Waals surface area contributed by atoms with Crippen molar-refractivity contribution in [2.45, 2.75) is 80.6 Å². The second-order valence-electron chi connectivity index (χ2n) is 12.1. The van der Waals surface area contributed by atoms with Gasteiger partial charge in [0.2, 0.25) is 0 Å². The Hall–Kier alpha value is -3.03. The molecule has 0 heterocycles. The van der Waals surface area contributed by atoms with Gasteiger partial charge in [-0.15, -0.1) is 0 Å². The number of benzene rings is 2. The van der Waals surface area contributed by atoms with Crippen LogP contribution in [0.25, 0.3) is 5.57 Å². The van der Waals surface area contributed by atoms with E-state index in [2.05, 4.69) is 0 Å². The highest BCUT2D eigenvalue weighted by molar-refractivity contribution is 6.36. The average molecular weight is 636 g/mol. The molecule has 0 fully saturated rings. The lowest BCUT2D eigenvalue weighted by atomic mass is 9.75. The number of Topliss-reactive ketones (excluding diaryl/α,β-unsaturated/α-hetero) is 2. The molecule has 2 aromatic rings. The maximum absolute atomic E-state index is 12.3. The molecule has 0 saturated carbocycles. The molecule has 2 aromatic carbocycles. The fourth-order valence-corrected chi connectivity index (χ4v) is 5.46. The quantitative estimate of drug-likeness (QED) is 0.262. The molecule has 1 aliphatic rings. The topological polar surface area (TPSA) is 99.1 Å². The summed E-state index contributed by atoms with van der Waals surface area (Å²) in [5, 5.41) is 11.4. The van der Waals surface area contributed by atoms with Gasteiger partial charge in [-0.05, 0) is 82.9 Å². The largest absolute Gasteiger partial charge is 0.511 e. The predicted octanol–water partition coefficient (Wildman–Crippen LogP) is 8.45. The van der Waals surface area contributed by atoms with E-state index in [4.69, 9.17) is 37.4 Å². The summed E-state index contributed by atoms with van der Waals surface area (Å²) in [6.45, 7) is 13.3. The zero-order chi connectivity index (χ0) is 32.7. The first-order chi connectivity index (χ1) is 20.0. The van der Waals surface area contributed by atoms with Crippen molar-refractivity contribution in [3.63, 3.8) is 0 Å². The van der Waals surface area contributed by atoms with Crippen LogP contribution < -0.4 is 9.47 Å². The normalized spacial score (nSPS) is 14.5. The molecule has 0 aromatic heterocycles. The van der Waals surface area contributed by atoms with E-state index in [1.165, 1.54) is 7.11 Å². The van der Waals surface area contributed by atoms with E-state index in [1.54, 1.807) is 33.9 Å². The molecule has 0 spiro atoms. The number of aliphatic hydroxyl groups is 1. The number of aliphatic hydroxyl groups excluding tert-OH is 1. The number of halogens is 2. The second-order valence-corrected chi connectivity index (χ2v) is 12.9. The first-order valence-corrected chi connectivity index (χ1v) is 15.1. The van der Waals surface area contributed by atoms with E-state index in [9.17, 15) is 19.5 Å². The first-order valence-electron chi connectivity index (χ1n) is 14.3. The molecule has 0 amide bonds. The minimum atomic E-state index is -0.674. The van der Waals surface area contributed by atoms with Crippen molar-refractivity contribution in [2.75, 3.05) is 20.8 Å². The number of methoxy groups -OCH3 is 2. The fourth-order valence-electron chi connectivity index (χ4n) is 4.77. The smallest absolute Gasteiger partial charge is 0.311 e. The SMILES string of the molecule is CCOC(=O)C(C)(C)CCC(=O)Cc1c(Cl)cc(C)cc1OC.COc1cc(C)cc(Cl)c1C1=C(O)C(C)(C)CCC1=O. The van der Waals surface area contributed by atoms with Gasteiger partial charge in [0.15, 0.2) is 5.78 Å².